The monoisotopic (exact) mass is 279 g/mol. The molecule has 0 saturated carbocycles. The summed E-state index contributed by atoms with van der Waals surface area (Å²) in [5.74, 6) is 2.73. The van der Waals surface area contributed by atoms with E-state index in [9.17, 15) is 0 Å². The molecule has 0 saturated heterocycles. The number of hydrogen-bond acceptors (Lipinski definition) is 0. The first-order valence-corrected chi connectivity index (χ1v) is 7.87. The largest absolute Gasteiger partial charge is 0.114 e. The average molecular weight is 280 g/mol. The van der Waals surface area contributed by atoms with Crippen LogP contribution in [0, 0.1) is 17.8 Å². The van der Waals surface area contributed by atoms with Crippen LogP contribution < -0.4 is 0 Å². The van der Waals surface area contributed by atoms with Crippen LogP contribution >= 0.6 is 17.0 Å². The third kappa shape index (κ3) is 10.8. The van der Waals surface area contributed by atoms with Crippen LogP contribution in [-0.4, -0.2) is 8.80 Å². The predicted molar refractivity (Wildman–Crippen MR) is 75.0 cm³/mol. The Bertz CT molecular complexity index is 97.7. The molecule has 1 radical (unpaired) electrons. The van der Waals surface area contributed by atoms with Crippen LogP contribution in [0.1, 0.15) is 41.5 Å². The second-order valence-corrected chi connectivity index (χ2v) is 8.27. The van der Waals surface area contributed by atoms with Crippen LogP contribution in [-0.2, 0) is 0 Å². The first-order valence-electron chi connectivity index (χ1n) is 5.75. The van der Waals surface area contributed by atoms with Gasteiger partial charge in [0, 0.05) is 8.80 Å². The molecular weight excluding hydrogens is 252 g/mol. The molecular formula is C12H28BrSi. The Morgan fingerprint density at radius 3 is 1.00 bits per heavy atom. The van der Waals surface area contributed by atoms with Crippen LogP contribution in [0.25, 0.3) is 0 Å². The molecule has 0 amide bonds. The van der Waals surface area contributed by atoms with Crippen molar-refractivity contribution in [1.29, 1.82) is 0 Å². The van der Waals surface area contributed by atoms with Gasteiger partial charge < -0.3 is 0 Å². The van der Waals surface area contributed by atoms with Gasteiger partial charge in [-0.15, -0.1) is 17.0 Å². The van der Waals surface area contributed by atoms with E-state index >= 15 is 0 Å². The highest BCUT2D eigenvalue weighted by molar-refractivity contribution is 8.93. The van der Waals surface area contributed by atoms with Gasteiger partial charge in [0.25, 0.3) is 0 Å². The molecule has 2 heteroatoms. The summed E-state index contributed by atoms with van der Waals surface area (Å²) >= 11 is 0. The van der Waals surface area contributed by atoms with Crippen LogP contribution in [0.4, 0.5) is 0 Å². The van der Waals surface area contributed by atoms with Crippen molar-refractivity contribution in [2.45, 2.75) is 59.7 Å². The molecule has 0 unspecified atom stereocenters. The fraction of sp³-hybridized carbons (Fsp3) is 1.00. The van der Waals surface area contributed by atoms with E-state index in [1.54, 1.807) is 0 Å². The van der Waals surface area contributed by atoms with E-state index in [2.05, 4.69) is 41.5 Å². The molecule has 0 fully saturated rings. The number of halogens is 1. The average Bonchev–Trinajstić information content (AvgIpc) is 1.80. The van der Waals surface area contributed by atoms with E-state index < -0.39 is 0 Å². The maximum absolute atomic E-state index is 2.37. The van der Waals surface area contributed by atoms with Gasteiger partial charge in [0.15, 0.2) is 0 Å². The maximum Gasteiger partial charge on any atom is 0.0486 e. The minimum atomic E-state index is -0.0432. The van der Waals surface area contributed by atoms with Crippen molar-refractivity contribution in [3.63, 3.8) is 0 Å². The molecule has 0 spiro atoms. The topological polar surface area (TPSA) is 0 Å². The summed E-state index contributed by atoms with van der Waals surface area (Å²) in [6.07, 6.45) is 0. The summed E-state index contributed by atoms with van der Waals surface area (Å²) in [6.45, 7) is 14.2. The van der Waals surface area contributed by atoms with Gasteiger partial charge in [0.2, 0.25) is 0 Å². The van der Waals surface area contributed by atoms with E-state index in [4.69, 9.17) is 0 Å². The number of rotatable bonds is 6. The highest BCUT2D eigenvalue weighted by Crippen LogP contribution is 2.20. The van der Waals surface area contributed by atoms with E-state index in [0.717, 1.165) is 17.8 Å². The third-order valence-electron chi connectivity index (χ3n) is 2.09. The van der Waals surface area contributed by atoms with Gasteiger partial charge in [0.05, 0.1) is 0 Å². The molecule has 14 heavy (non-hydrogen) atoms. The van der Waals surface area contributed by atoms with E-state index in [1.807, 2.05) is 0 Å². The van der Waals surface area contributed by atoms with E-state index in [1.165, 1.54) is 18.1 Å². The second-order valence-electron chi connectivity index (χ2n) is 5.54. The molecule has 0 aromatic rings. The van der Waals surface area contributed by atoms with Crippen LogP contribution in [0.3, 0.4) is 0 Å². The zero-order chi connectivity index (χ0) is 10.4. The maximum atomic E-state index is 2.37. The summed E-state index contributed by atoms with van der Waals surface area (Å²) in [4.78, 5) is 0. The smallest absolute Gasteiger partial charge is 0.0486 e. The molecule has 0 aromatic carbocycles. The molecule has 0 nitrogen and oxygen atoms in total. The van der Waals surface area contributed by atoms with Crippen molar-refractivity contribution in [2.75, 3.05) is 0 Å². The van der Waals surface area contributed by atoms with Gasteiger partial charge >= 0.3 is 0 Å². The third-order valence-corrected chi connectivity index (χ3v) is 6.27. The Kier molecular flexibility index (Phi) is 10.9. The highest BCUT2D eigenvalue weighted by Gasteiger charge is 2.15. The summed E-state index contributed by atoms with van der Waals surface area (Å²) in [6, 6.07) is 4.54. The van der Waals surface area contributed by atoms with Gasteiger partial charge in [0.1, 0.15) is 0 Å². The molecule has 0 aliphatic heterocycles. The molecule has 0 rings (SSSR count). The lowest BCUT2D eigenvalue weighted by Crippen LogP contribution is -2.19. The van der Waals surface area contributed by atoms with Crippen LogP contribution in [0.5, 0.6) is 0 Å². The fourth-order valence-corrected chi connectivity index (χ4v) is 5.95. The molecule has 0 aromatic heterocycles. The van der Waals surface area contributed by atoms with Gasteiger partial charge in [-0.2, -0.15) is 0 Å². The first kappa shape index (κ1) is 17.1. The normalized spacial score (nSPS) is 11.6. The standard InChI is InChI=1S/C12H27Si.BrH/c1-10(2)7-13(8-11(3)4)9-12(5)6;/h10-12H,7-9H2,1-6H3;1H. The Balaban J connectivity index is 0. The fourth-order valence-electron chi connectivity index (χ4n) is 1.98. The lowest BCUT2D eigenvalue weighted by atomic mass is 10.3. The summed E-state index contributed by atoms with van der Waals surface area (Å²) in [5, 5.41) is 0. The SMILES string of the molecule is Br.CC(C)C[Si](CC(C)C)CC(C)C. The molecule has 0 bridgehead atoms. The summed E-state index contributed by atoms with van der Waals surface area (Å²) in [5.41, 5.74) is 0. The molecule has 0 aliphatic rings. The second kappa shape index (κ2) is 8.96. The van der Waals surface area contributed by atoms with Gasteiger partial charge in [-0.1, -0.05) is 59.7 Å². The number of hydrogen-bond donors (Lipinski definition) is 0. The first-order chi connectivity index (χ1) is 5.91. The lowest BCUT2D eigenvalue weighted by Gasteiger charge is -2.20. The van der Waals surface area contributed by atoms with E-state index in [0.29, 0.717) is 0 Å². The van der Waals surface area contributed by atoms with Crippen LogP contribution in [0.15, 0.2) is 0 Å². The summed E-state index contributed by atoms with van der Waals surface area (Å²) < 4.78 is 0. The Labute approximate surface area is 103 Å². The molecule has 0 aliphatic carbocycles. The quantitative estimate of drug-likeness (QED) is 0.599. The van der Waals surface area contributed by atoms with Gasteiger partial charge in [-0.25, -0.2) is 0 Å². The van der Waals surface area contributed by atoms with Gasteiger partial charge in [-0.3, -0.25) is 0 Å². The molecule has 0 N–H and O–H groups in total. The van der Waals surface area contributed by atoms with Crippen LogP contribution in [0.2, 0.25) is 18.1 Å². The van der Waals surface area contributed by atoms with Crippen molar-refractivity contribution in [3.05, 3.63) is 0 Å². The molecule has 0 atom stereocenters. The van der Waals surface area contributed by atoms with Crippen molar-refractivity contribution < 1.29 is 0 Å². The van der Waals surface area contributed by atoms with Crippen molar-refractivity contribution >= 4 is 25.8 Å². The Morgan fingerprint density at radius 2 is 0.857 bits per heavy atom. The minimum absolute atomic E-state index is 0. The van der Waals surface area contributed by atoms with E-state index in [-0.39, 0.29) is 25.8 Å². The Morgan fingerprint density at radius 1 is 0.643 bits per heavy atom. The lowest BCUT2D eigenvalue weighted by molar-refractivity contribution is 0.659. The molecule has 87 valence electrons. The van der Waals surface area contributed by atoms with Gasteiger partial charge in [-0.05, 0) is 17.8 Å². The Hall–Kier alpha value is 0.697. The minimum Gasteiger partial charge on any atom is -0.114 e. The zero-order valence-corrected chi connectivity index (χ0v) is 13.5. The molecule has 0 heterocycles. The van der Waals surface area contributed by atoms with Crippen molar-refractivity contribution in [3.8, 4) is 0 Å². The predicted octanol–water partition coefficient (Wildman–Crippen LogP) is 5.03. The summed E-state index contributed by atoms with van der Waals surface area (Å²) in [7, 11) is -0.0432. The van der Waals surface area contributed by atoms with Crippen molar-refractivity contribution in [1.82, 2.24) is 0 Å². The van der Waals surface area contributed by atoms with Crippen molar-refractivity contribution in [2.24, 2.45) is 17.8 Å². The highest BCUT2D eigenvalue weighted by atomic mass is 79.9. The zero-order valence-electron chi connectivity index (χ0n) is 10.8.